The number of likely N-dealkylation sites (tertiary alicyclic amines) is 1. The van der Waals surface area contributed by atoms with Crippen molar-refractivity contribution >= 4 is 11.9 Å². The molecule has 1 amide bonds. The average Bonchev–Trinajstić information content (AvgIpc) is 2.46. The third-order valence-electron chi connectivity index (χ3n) is 4.55. The summed E-state index contributed by atoms with van der Waals surface area (Å²) in [6.45, 7) is 0.777. The molecular weight excluding hydrogens is 246 g/mol. The molecule has 0 bridgehead atoms. The summed E-state index contributed by atoms with van der Waals surface area (Å²) in [6, 6.07) is -0.0292. The van der Waals surface area contributed by atoms with Crippen LogP contribution < -0.4 is 0 Å². The lowest BCUT2D eigenvalue weighted by molar-refractivity contribution is -0.147. The molecule has 5 heteroatoms. The summed E-state index contributed by atoms with van der Waals surface area (Å²) in [4.78, 5) is 25.2. The molecule has 1 aliphatic carbocycles. The Labute approximate surface area is 113 Å². The van der Waals surface area contributed by atoms with Gasteiger partial charge in [0.15, 0.2) is 0 Å². The number of aliphatic hydroxyl groups is 1. The Morgan fingerprint density at radius 1 is 1.00 bits per heavy atom. The fraction of sp³-hybridized carbons (Fsp3) is 0.857. The first-order valence-electron chi connectivity index (χ1n) is 7.27. The molecule has 1 aliphatic heterocycles. The van der Waals surface area contributed by atoms with Crippen LogP contribution in [0.15, 0.2) is 0 Å². The van der Waals surface area contributed by atoms with E-state index in [2.05, 4.69) is 0 Å². The van der Waals surface area contributed by atoms with Crippen molar-refractivity contribution in [3.8, 4) is 0 Å². The Morgan fingerprint density at radius 3 is 2.21 bits per heavy atom. The van der Waals surface area contributed by atoms with Gasteiger partial charge < -0.3 is 15.1 Å². The van der Waals surface area contributed by atoms with Crippen molar-refractivity contribution in [2.24, 2.45) is 11.8 Å². The largest absolute Gasteiger partial charge is 0.481 e. The van der Waals surface area contributed by atoms with Gasteiger partial charge in [-0.2, -0.15) is 0 Å². The predicted octanol–water partition coefficient (Wildman–Crippen LogP) is 1.25. The monoisotopic (exact) mass is 269 g/mol. The number of aliphatic hydroxyl groups excluding tert-OH is 1. The highest BCUT2D eigenvalue weighted by Gasteiger charge is 2.35. The van der Waals surface area contributed by atoms with Gasteiger partial charge in [-0.05, 0) is 44.9 Å². The van der Waals surface area contributed by atoms with E-state index in [0.717, 1.165) is 25.8 Å². The Kier molecular flexibility index (Phi) is 4.80. The van der Waals surface area contributed by atoms with Crippen molar-refractivity contribution in [3.63, 3.8) is 0 Å². The van der Waals surface area contributed by atoms with Gasteiger partial charge in [-0.15, -0.1) is 0 Å². The second-order valence-corrected chi connectivity index (χ2v) is 5.75. The number of hydrogen-bond donors (Lipinski definition) is 2. The number of carboxylic acids is 1. The van der Waals surface area contributed by atoms with Gasteiger partial charge in [-0.3, -0.25) is 9.59 Å². The maximum atomic E-state index is 12.5. The third kappa shape index (κ3) is 3.26. The van der Waals surface area contributed by atoms with E-state index in [1.165, 1.54) is 0 Å². The molecule has 0 aromatic heterocycles. The molecule has 19 heavy (non-hydrogen) atoms. The molecule has 1 atom stereocenters. The van der Waals surface area contributed by atoms with Crippen molar-refractivity contribution in [2.75, 3.05) is 13.2 Å². The fourth-order valence-electron chi connectivity index (χ4n) is 3.30. The molecular formula is C14H23NO4. The highest BCUT2D eigenvalue weighted by atomic mass is 16.4. The standard InChI is InChI=1S/C14H23NO4/c16-9-12-3-1-2-8-15(12)13(17)10-4-6-11(7-5-10)14(18)19/h10-12,16H,1-9H2,(H,18,19). The number of rotatable bonds is 3. The lowest BCUT2D eigenvalue weighted by atomic mass is 9.81. The van der Waals surface area contributed by atoms with Crippen LogP contribution in [0.5, 0.6) is 0 Å². The molecule has 0 aromatic carbocycles. The first-order valence-corrected chi connectivity index (χ1v) is 7.27. The van der Waals surface area contributed by atoms with Gasteiger partial charge in [0.25, 0.3) is 0 Å². The van der Waals surface area contributed by atoms with Crippen LogP contribution in [0.25, 0.3) is 0 Å². The molecule has 2 fully saturated rings. The van der Waals surface area contributed by atoms with E-state index in [-0.39, 0.29) is 30.4 Å². The van der Waals surface area contributed by atoms with Crippen LogP contribution in [0, 0.1) is 11.8 Å². The second-order valence-electron chi connectivity index (χ2n) is 5.75. The summed E-state index contributed by atoms with van der Waals surface area (Å²) < 4.78 is 0. The fourth-order valence-corrected chi connectivity index (χ4v) is 3.30. The summed E-state index contributed by atoms with van der Waals surface area (Å²) >= 11 is 0. The molecule has 2 N–H and O–H groups in total. The quantitative estimate of drug-likeness (QED) is 0.808. The van der Waals surface area contributed by atoms with Crippen molar-refractivity contribution in [1.82, 2.24) is 4.90 Å². The van der Waals surface area contributed by atoms with E-state index in [1.807, 2.05) is 4.90 Å². The number of piperidine rings is 1. The van der Waals surface area contributed by atoms with Crippen molar-refractivity contribution in [2.45, 2.75) is 51.0 Å². The molecule has 1 unspecified atom stereocenters. The maximum absolute atomic E-state index is 12.5. The highest BCUT2D eigenvalue weighted by molar-refractivity contribution is 5.80. The van der Waals surface area contributed by atoms with Gasteiger partial charge in [-0.1, -0.05) is 0 Å². The number of nitrogens with zero attached hydrogens (tertiary/aromatic N) is 1. The number of carbonyl (C=O) groups excluding carboxylic acids is 1. The summed E-state index contributed by atoms with van der Waals surface area (Å²) in [5, 5.41) is 18.3. The molecule has 1 saturated carbocycles. The Morgan fingerprint density at radius 2 is 1.63 bits per heavy atom. The molecule has 2 rings (SSSR count). The number of carbonyl (C=O) groups is 2. The molecule has 1 saturated heterocycles. The van der Waals surface area contributed by atoms with E-state index >= 15 is 0 Å². The first-order chi connectivity index (χ1) is 9.13. The minimum atomic E-state index is -0.739. The van der Waals surface area contributed by atoms with Crippen molar-refractivity contribution in [1.29, 1.82) is 0 Å². The summed E-state index contributed by atoms with van der Waals surface area (Å²) in [5.74, 6) is -0.929. The highest BCUT2D eigenvalue weighted by Crippen LogP contribution is 2.31. The Balaban J connectivity index is 1.91. The second kappa shape index (κ2) is 6.37. The van der Waals surface area contributed by atoms with Crippen LogP contribution in [0.1, 0.15) is 44.9 Å². The van der Waals surface area contributed by atoms with Crippen LogP contribution in [0.4, 0.5) is 0 Å². The number of carboxylic acid groups (broad SMARTS) is 1. The molecule has 1 heterocycles. The summed E-state index contributed by atoms with van der Waals surface area (Å²) in [7, 11) is 0. The topological polar surface area (TPSA) is 77.8 Å². The zero-order valence-corrected chi connectivity index (χ0v) is 11.3. The zero-order chi connectivity index (χ0) is 13.8. The summed E-state index contributed by atoms with van der Waals surface area (Å²) in [5.41, 5.74) is 0. The van der Waals surface area contributed by atoms with E-state index in [4.69, 9.17) is 5.11 Å². The van der Waals surface area contributed by atoms with Crippen LogP contribution in [0.2, 0.25) is 0 Å². The molecule has 0 radical (unpaired) electrons. The molecule has 0 aromatic rings. The number of hydrogen-bond acceptors (Lipinski definition) is 3. The number of amides is 1. The van der Waals surface area contributed by atoms with Crippen LogP contribution in [-0.4, -0.2) is 46.2 Å². The van der Waals surface area contributed by atoms with E-state index in [9.17, 15) is 14.7 Å². The maximum Gasteiger partial charge on any atom is 0.306 e. The first kappa shape index (κ1) is 14.3. The normalized spacial score (nSPS) is 32.1. The summed E-state index contributed by atoms with van der Waals surface area (Å²) in [6.07, 6.45) is 5.50. The molecule has 108 valence electrons. The van der Waals surface area contributed by atoms with Crippen LogP contribution >= 0.6 is 0 Å². The van der Waals surface area contributed by atoms with E-state index < -0.39 is 5.97 Å². The minimum Gasteiger partial charge on any atom is -0.481 e. The number of aliphatic carboxylic acids is 1. The van der Waals surface area contributed by atoms with E-state index in [0.29, 0.717) is 25.7 Å². The Bertz CT molecular complexity index is 336. The lowest BCUT2D eigenvalue weighted by Gasteiger charge is -2.38. The zero-order valence-electron chi connectivity index (χ0n) is 11.3. The van der Waals surface area contributed by atoms with Crippen molar-refractivity contribution in [3.05, 3.63) is 0 Å². The van der Waals surface area contributed by atoms with Crippen molar-refractivity contribution < 1.29 is 19.8 Å². The smallest absolute Gasteiger partial charge is 0.306 e. The minimum absolute atomic E-state index is 0.0292. The molecule has 2 aliphatic rings. The molecule has 0 spiro atoms. The van der Waals surface area contributed by atoms with Gasteiger partial charge in [0, 0.05) is 12.5 Å². The molecule has 5 nitrogen and oxygen atoms in total. The SMILES string of the molecule is O=C(O)C1CCC(C(=O)N2CCCCC2CO)CC1. The third-order valence-corrected chi connectivity index (χ3v) is 4.55. The Hall–Kier alpha value is -1.10. The predicted molar refractivity (Wildman–Crippen MR) is 69.5 cm³/mol. The van der Waals surface area contributed by atoms with Crippen LogP contribution in [0.3, 0.4) is 0 Å². The lowest BCUT2D eigenvalue weighted by Crippen LogP contribution is -2.48. The van der Waals surface area contributed by atoms with Gasteiger partial charge >= 0.3 is 5.97 Å². The van der Waals surface area contributed by atoms with Gasteiger partial charge in [0.05, 0.1) is 18.6 Å². The van der Waals surface area contributed by atoms with Gasteiger partial charge in [0.2, 0.25) is 5.91 Å². The van der Waals surface area contributed by atoms with E-state index in [1.54, 1.807) is 0 Å². The average molecular weight is 269 g/mol. The van der Waals surface area contributed by atoms with Gasteiger partial charge in [0.1, 0.15) is 0 Å². The van der Waals surface area contributed by atoms with Crippen LogP contribution in [-0.2, 0) is 9.59 Å². The van der Waals surface area contributed by atoms with Gasteiger partial charge in [-0.25, -0.2) is 0 Å².